The third-order valence-corrected chi connectivity index (χ3v) is 2.59. The predicted octanol–water partition coefficient (Wildman–Crippen LogP) is 0.287. The van der Waals surface area contributed by atoms with Crippen molar-refractivity contribution in [3.05, 3.63) is 0 Å². The molecule has 5 heteroatoms. The average Bonchev–Trinajstić information content (AvgIpc) is 2.30. The van der Waals surface area contributed by atoms with Gasteiger partial charge in [-0.3, -0.25) is 9.69 Å². The number of likely N-dealkylation sites (N-methyl/N-ethyl adjacent to an activating group) is 1. The zero-order chi connectivity index (χ0) is 11.8. The van der Waals surface area contributed by atoms with Crippen molar-refractivity contribution in [2.75, 3.05) is 20.1 Å². The van der Waals surface area contributed by atoms with Crippen LogP contribution >= 0.6 is 0 Å². The Bertz CT molecular complexity index is 283. The molecule has 3 amide bonds. The summed E-state index contributed by atoms with van der Waals surface area (Å²) in [5.74, 6) is -0.245. The van der Waals surface area contributed by atoms with Crippen LogP contribution in [0.25, 0.3) is 0 Å². The Morgan fingerprint density at radius 2 is 1.93 bits per heavy atom. The Labute approximate surface area is 89.7 Å². The fourth-order valence-electron chi connectivity index (χ4n) is 1.30. The van der Waals surface area contributed by atoms with E-state index in [1.165, 1.54) is 4.90 Å². The maximum atomic E-state index is 11.5. The molecule has 0 saturated carbocycles. The molecule has 0 radical (unpaired) electrons. The fraction of sp³-hybridized carbons (Fsp3) is 0.800. The van der Waals surface area contributed by atoms with Gasteiger partial charge < -0.3 is 10.0 Å². The van der Waals surface area contributed by atoms with Crippen molar-refractivity contribution in [1.29, 1.82) is 0 Å². The van der Waals surface area contributed by atoms with Crippen LogP contribution in [0.15, 0.2) is 0 Å². The van der Waals surface area contributed by atoms with Crippen LogP contribution in [-0.2, 0) is 4.79 Å². The van der Waals surface area contributed by atoms with Crippen LogP contribution in [-0.4, -0.2) is 53.1 Å². The molecule has 1 rings (SSSR count). The lowest BCUT2D eigenvalue weighted by molar-refractivity contribution is -0.127. The molecule has 1 N–H and O–H groups in total. The first kappa shape index (κ1) is 12.0. The van der Waals surface area contributed by atoms with Crippen LogP contribution in [0.4, 0.5) is 4.79 Å². The van der Waals surface area contributed by atoms with Gasteiger partial charge in [-0.15, -0.1) is 0 Å². The van der Waals surface area contributed by atoms with Crippen molar-refractivity contribution in [1.82, 2.24) is 9.80 Å². The Balaban J connectivity index is 2.67. The van der Waals surface area contributed by atoms with Crippen molar-refractivity contribution in [3.8, 4) is 0 Å². The molecule has 0 spiro atoms. The molecule has 86 valence electrons. The molecule has 0 bridgehead atoms. The van der Waals surface area contributed by atoms with E-state index in [9.17, 15) is 14.7 Å². The number of carbonyl (C=O) groups excluding carboxylic acids is 2. The van der Waals surface area contributed by atoms with Gasteiger partial charge in [-0.05, 0) is 5.41 Å². The normalized spacial score (nSPS) is 20.1. The zero-order valence-electron chi connectivity index (χ0n) is 9.65. The van der Waals surface area contributed by atoms with E-state index in [0.717, 1.165) is 4.90 Å². The first-order chi connectivity index (χ1) is 6.73. The highest BCUT2D eigenvalue weighted by Crippen LogP contribution is 2.21. The summed E-state index contributed by atoms with van der Waals surface area (Å²) in [6, 6.07) is -0.330. The summed E-state index contributed by atoms with van der Waals surface area (Å²) >= 11 is 0. The smallest absolute Gasteiger partial charge is 0.327 e. The Morgan fingerprint density at radius 3 is 2.27 bits per heavy atom. The Kier molecular flexibility index (Phi) is 3.04. The van der Waals surface area contributed by atoms with E-state index >= 15 is 0 Å². The molecule has 15 heavy (non-hydrogen) atoms. The third kappa shape index (κ3) is 2.47. The van der Waals surface area contributed by atoms with Gasteiger partial charge in [-0.1, -0.05) is 20.8 Å². The van der Waals surface area contributed by atoms with Gasteiger partial charge in [0.2, 0.25) is 5.91 Å². The molecule has 1 heterocycles. The maximum Gasteiger partial charge on any atom is 0.327 e. The lowest BCUT2D eigenvalue weighted by Gasteiger charge is -2.28. The quantitative estimate of drug-likeness (QED) is 0.672. The summed E-state index contributed by atoms with van der Waals surface area (Å²) in [5.41, 5.74) is -0.332. The zero-order valence-corrected chi connectivity index (χ0v) is 9.65. The maximum absolute atomic E-state index is 11.5. The van der Waals surface area contributed by atoms with Gasteiger partial charge in [0.15, 0.2) is 0 Å². The highest BCUT2D eigenvalue weighted by molar-refractivity contribution is 6.01. The van der Waals surface area contributed by atoms with E-state index in [2.05, 4.69) is 0 Å². The lowest BCUT2D eigenvalue weighted by atomic mass is 9.89. The van der Waals surface area contributed by atoms with E-state index < -0.39 is 6.10 Å². The molecular weight excluding hydrogens is 196 g/mol. The molecule has 1 unspecified atom stereocenters. The lowest BCUT2D eigenvalue weighted by Crippen LogP contribution is -2.42. The number of carbonyl (C=O) groups is 2. The predicted molar refractivity (Wildman–Crippen MR) is 55.2 cm³/mol. The second-order valence-corrected chi connectivity index (χ2v) is 5.02. The number of rotatable bonds is 2. The van der Waals surface area contributed by atoms with Crippen LogP contribution in [0.3, 0.4) is 0 Å². The van der Waals surface area contributed by atoms with Crippen molar-refractivity contribution in [3.63, 3.8) is 0 Å². The first-order valence-corrected chi connectivity index (χ1v) is 4.97. The fourth-order valence-corrected chi connectivity index (χ4v) is 1.30. The molecule has 1 fully saturated rings. The molecule has 1 saturated heterocycles. The van der Waals surface area contributed by atoms with Gasteiger partial charge in [0.1, 0.15) is 6.54 Å². The summed E-state index contributed by atoms with van der Waals surface area (Å²) in [7, 11) is 1.57. The van der Waals surface area contributed by atoms with Gasteiger partial charge in [0, 0.05) is 7.05 Å². The SMILES string of the molecule is CN1CC(=O)N(CC(O)C(C)(C)C)C1=O. The molecule has 0 aromatic heterocycles. The number of β-amino-alcohol motifs (C(OH)–C–C–N with tert-alkyl or cyclic N) is 1. The van der Waals surface area contributed by atoms with Crippen LogP contribution in [0.2, 0.25) is 0 Å². The number of urea groups is 1. The summed E-state index contributed by atoms with van der Waals surface area (Å²) < 4.78 is 0. The van der Waals surface area contributed by atoms with E-state index in [-0.39, 0.29) is 30.4 Å². The number of aliphatic hydroxyl groups excluding tert-OH is 1. The van der Waals surface area contributed by atoms with E-state index in [4.69, 9.17) is 0 Å². The number of hydrogen-bond donors (Lipinski definition) is 1. The highest BCUT2D eigenvalue weighted by Gasteiger charge is 2.36. The topological polar surface area (TPSA) is 60.9 Å². The van der Waals surface area contributed by atoms with Gasteiger partial charge in [0.25, 0.3) is 0 Å². The van der Waals surface area contributed by atoms with Gasteiger partial charge in [0.05, 0.1) is 12.6 Å². The average molecular weight is 214 g/mol. The molecule has 0 aliphatic carbocycles. The number of imide groups is 1. The highest BCUT2D eigenvalue weighted by atomic mass is 16.3. The standard InChI is InChI=1S/C10H18N2O3/c1-10(2,3)7(13)5-12-8(14)6-11(4)9(12)15/h7,13H,5-6H2,1-4H3. The van der Waals surface area contributed by atoms with Crippen molar-refractivity contribution >= 4 is 11.9 Å². The summed E-state index contributed by atoms with van der Waals surface area (Å²) in [6.45, 7) is 5.78. The Morgan fingerprint density at radius 1 is 1.40 bits per heavy atom. The number of amides is 3. The molecule has 1 aliphatic rings. The van der Waals surface area contributed by atoms with Gasteiger partial charge in [-0.2, -0.15) is 0 Å². The van der Waals surface area contributed by atoms with Crippen molar-refractivity contribution in [2.45, 2.75) is 26.9 Å². The van der Waals surface area contributed by atoms with Crippen LogP contribution in [0.5, 0.6) is 0 Å². The van der Waals surface area contributed by atoms with Gasteiger partial charge >= 0.3 is 6.03 Å². The largest absolute Gasteiger partial charge is 0.391 e. The van der Waals surface area contributed by atoms with E-state index in [0.29, 0.717) is 0 Å². The first-order valence-electron chi connectivity index (χ1n) is 4.97. The Hall–Kier alpha value is -1.10. The minimum atomic E-state index is -0.697. The monoisotopic (exact) mass is 214 g/mol. The van der Waals surface area contributed by atoms with Crippen LogP contribution in [0, 0.1) is 5.41 Å². The van der Waals surface area contributed by atoms with E-state index in [1.807, 2.05) is 20.8 Å². The second kappa shape index (κ2) is 3.81. The van der Waals surface area contributed by atoms with Crippen LogP contribution in [0.1, 0.15) is 20.8 Å². The molecular formula is C10H18N2O3. The summed E-state index contributed by atoms with van der Waals surface area (Å²) in [4.78, 5) is 25.4. The van der Waals surface area contributed by atoms with E-state index in [1.54, 1.807) is 7.05 Å². The summed E-state index contributed by atoms with van der Waals surface area (Å²) in [6.07, 6.45) is -0.697. The number of aliphatic hydroxyl groups is 1. The van der Waals surface area contributed by atoms with Gasteiger partial charge in [-0.25, -0.2) is 4.79 Å². The van der Waals surface area contributed by atoms with Crippen LogP contribution < -0.4 is 0 Å². The molecule has 1 atom stereocenters. The second-order valence-electron chi connectivity index (χ2n) is 5.02. The molecule has 0 aromatic carbocycles. The minimum Gasteiger partial charge on any atom is -0.391 e. The molecule has 5 nitrogen and oxygen atoms in total. The summed E-state index contributed by atoms with van der Waals surface area (Å²) in [5, 5.41) is 9.80. The van der Waals surface area contributed by atoms with Crippen molar-refractivity contribution < 1.29 is 14.7 Å². The third-order valence-electron chi connectivity index (χ3n) is 2.59. The number of hydrogen-bond acceptors (Lipinski definition) is 3. The number of nitrogens with zero attached hydrogens (tertiary/aromatic N) is 2. The molecule has 0 aromatic rings. The minimum absolute atomic E-state index is 0.0749. The van der Waals surface area contributed by atoms with Crippen molar-refractivity contribution in [2.24, 2.45) is 5.41 Å². The molecule has 1 aliphatic heterocycles.